The van der Waals surface area contributed by atoms with Crippen LogP contribution < -0.4 is 0 Å². The molecule has 0 amide bonds. The predicted molar refractivity (Wildman–Crippen MR) is 36.5 cm³/mol. The number of alkyl halides is 3. The van der Waals surface area contributed by atoms with Gasteiger partial charge in [0.15, 0.2) is 0 Å². The summed E-state index contributed by atoms with van der Waals surface area (Å²) >= 11 is 0. The van der Waals surface area contributed by atoms with Crippen LogP contribution in [0.15, 0.2) is 0 Å². The maximum atomic E-state index is 11.6. The van der Waals surface area contributed by atoms with Gasteiger partial charge in [0, 0.05) is 6.42 Å². The van der Waals surface area contributed by atoms with E-state index < -0.39 is 24.5 Å². The van der Waals surface area contributed by atoms with Crippen molar-refractivity contribution in [2.24, 2.45) is 5.92 Å². The molecular weight excluding hydrogens is 173 g/mol. The number of halogens is 3. The maximum Gasteiger partial charge on any atom is 0.389 e. The van der Waals surface area contributed by atoms with Gasteiger partial charge in [-0.1, -0.05) is 6.92 Å². The molecule has 0 rings (SSSR count). The second-order valence-corrected chi connectivity index (χ2v) is 2.58. The van der Waals surface area contributed by atoms with Gasteiger partial charge in [-0.15, -0.1) is 0 Å². The van der Waals surface area contributed by atoms with Crippen LogP contribution in [0.1, 0.15) is 19.8 Å². The van der Waals surface area contributed by atoms with Crippen molar-refractivity contribution in [2.75, 3.05) is 7.11 Å². The summed E-state index contributed by atoms with van der Waals surface area (Å²) in [5, 5.41) is 0. The molecule has 5 heteroatoms. The third kappa shape index (κ3) is 4.98. The molecule has 0 N–H and O–H groups in total. The van der Waals surface area contributed by atoms with Crippen molar-refractivity contribution < 1.29 is 22.7 Å². The average Bonchev–Trinajstić information content (AvgIpc) is 1.97. The first kappa shape index (κ1) is 11.3. The fraction of sp³-hybridized carbons (Fsp3) is 0.857. The van der Waals surface area contributed by atoms with Crippen molar-refractivity contribution in [3.63, 3.8) is 0 Å². The Morgan fingerprint density at radius 2 is 2.00 bits per heavy atom. The molecule has 12 heavy (non-hydrogen) atoms. The molecule has 0 aromatic heterocycles. The quantitative estimate of drug-likeness (QED) is 0.628. The lowest BCUT2D eigenvalue weighted by atomic mass is 10.1. The topological polar surface area (TPSA) is 26.3 Å². The minimum Gasteiger partial charge on any atom is -0.469 e. The highest BCUT2D eigenvalue weighted by atomic mass is 19.4. The summed E-state index contributed by atoms with van der Waals surface area (Å²) in [6.07, 6.45) is -5.35. The summed E-state index contributed by atoms with van der Waals surface area (Å²) in [6, 6.07) is 0. The van der Waals surface area contributed by atoms with Crippen molar-refractivity contribution in [1.82, 2.24) is 0 Å². The van der Waals surface area contributed by atoms with E-state index >= 15 is 0 Å². The van der Waals surface area contributed by atoms with Gasteiger partial charge in [0.2, 0.25) is 0 Å². The maximum absolute atomic E-state index is 11.6. The summed E-state index contributed by atoms with van der Waals surface area (Å²) in [6.45, 7) is 1.41. The number of esters is 1. The molecule has 0 fully saturated rings. The molecule has 72 valence electrons. The molecule has 0 saturated carbocycles. The van der Waals surface area contributed by atoms with E-state index in [0.717, 1.165) is 7.11 Å². The Bertz CT molecular complexity index is 153. The monoisotopic (exact) mass is 184 g/mol. The van der Waals surface area contributed by atoms with Crippen LogP contribution in [-0.4, -0.2) is 19.3 Å². The van der Waals surface area contributed by atoms with Gasteiger partial charge in [0.25, 0.3) is 0 Å². The van der Waals surface area contributed by atoms with Gasteiger partial charge in [0.05, 0.1) is 13.0 Å². The number of carbonyl (C=O) groups excluding carboxylic acids is 1. The lowest BCUT2D eigenvalue weighted by Gasteiger charge is -2.10. The van der Waals surface area contributed by atoms with E-state index in [1.54, 1.807) is 0 Å². The highest BCUT2D eigenvalue weighted by Crippen LogP contribution is 2.24. The Kier molecular flexibility index (Phi) is 4.06. The van der Waals surface area contributed by atoms with Crippen LogP contribution in [0.4, 0.5) is 13.2 Å². The van der Waals surface area contributed by atoms with Gasteiger partial charge < -0.3 is 4.74 Å². The largest absolute Gasteiger partial charge is 0.469 e. The molecule has 0 heterocycles. The smallest absolute Gasteiger partial charge is 0.389 e. The number of methoxy groups -OCH3 is 1. The Labute approximate surface area is 68.7 Å². The summed E-state index contributed by atoms with van der Waals surface area (Å²) in [7, 11) is 1.16. The van der Waals surface area contributed by atoms with Crippen LogP contribution in [0.25, 0.3) is 0 Å². The van der Waals surface area contributed by atoms with E-state index in [1.165, 1.54) is 6.92 Å². The summed E-state index contributed by atoms with van der Waals surface area (Å²) in [4.78, 5) is 10.6. The summed E-state index contributed by atoms with van der Waals surface area (Å²) in [5.41, 5.74) is 0. The van der Waals surface area contributed by atoms with E-state index in [0.29, 0.717) is 0 Å². The van der Waals surface area contributed by atoms with Crippen molar-refractivity contribution in [2.45, 2.75) is 25.9 Å². The van der Waals surface area contributed by atoms with Crippen LogP contribution in [0.5, 0.6) is 0 Å². The van der Waals surface area contributed by atoms with Crippen LogP contribution in [0.2, 0.25) is 0 Å². The lowest BCUT2D eigenvalue weighted by Crippen LogP contribution is -2.16. The predicted octanol–water partition coefficient (Wildman–Crippen LogP) is 2.14. The molecule has 0 aromatic rings. The summed E-state index contributed by atoms with van der Waals surface area (Å²) < 4.78 is 39.2. The van der Waals surface area contributed by atoms with E-state index in [9.17, 15) is 18.0 Å². The van der Waals surface area contributed by atoms with Crippen LogP contribution in [0.3, 0.4) is 0 Å². The van der Waals surface area contributed by atoms with Crippen LogP contribution in [-0.2, 0) is 9.53 Å². The van der Waals surface area contributed by atoms with Crippen molar-refractivity contribution in [1.29, 1.82) is 0 Å². The number of hydrogen-bond acceptors (Lipinski definition) is 2. The third-order valence-corrected chi connectivity index (χ3v) is 1.46. The molecule has 0 saturated heterocycles. The lowest BCUT2D eigenvalue weighted by molar-refractivity contribution is -0.150. The third-order valence-electron chi connectivity index (χ3n) is 1.46. The SMILES string of the molecule is COC(=O)C(C)CCC(F)(F)F. The second kappa shape index (κ2) is 4.33. The first-order valence-corrected chi connectivity index (χ1v) is 3.51. The van der Waals surface area contributed by atoms with Gasteiger partial charge in [0.1, 0.15) is 0 Å². The van der Waals surface area contributed by atoms with Gasteiger partial charge in [-0.2, -0.15) is 13.2 Å². The Morgan fingerprint density at radius 1 is 1.50 bits per heavy atom. The molecule has 1 atom stereocenters. The number of carbonyl (C=O) groups is 1. The molecule has 1 unspecified atom stereocenters. The van der Waals surface area contributed by atoms with Crippen LogP contribution in [0, 0.1) is 5.92 Å². The Hall–Kier alpha value is -0.740. The number of ether oxygens (including phenoxy) is 1. The fourth-order valence-electron chi connectivity index (χ4n) is 0.699. The molecule has 0 bridgehead atoms. The van der Waals surface area contributed by atoms with Gasteiger partial charge >= 0.3 is 12.1 Å². The molecule has 0 radical (unpaired) electrons. The highest BCUT2D eigenvalue weighted by molar-refractivity contribution is 5.71. The minimum absolute atomic E-state index is 0.212. The van der Waals surface area contributed by atoms with E-state index in [2.05, 4.69) is 4.74 Å². The molecular formula is C7H11F3O2. The first-order valence-electron chi connectivity index (χ1n) is 3.51. The van der Waals surface area contributed by atoms with E-state index in [-0.39, 0.29) is 6.42 Å². The minimum atomic E-state index is -4.19. The van der Waals surface area contributed by atoms with E-state index in [4.69, 9.17) is 0 Å². The number of rotatable bonds is 3. The average molecular weight is 184 g/mol. The van der Waals surface area contributed by atoms with Gasteiger partial charge in [-0.25, -0.2) is 0 Å². The zero-order valence-electron chi connectivity index (χ0n) is 6.94. The highest BCUT2D eigenvalue weighted by Gasteiger charge is 2.29. The second-order valence-electron chi connectivity index (χ2n) is 2.58. The van der Waals surface area contributed by atoms with Gasteiger partial charge in [-0.3, -0.25) is 4.79 Å². The van der Waals surface area contributed by atoms with Crippen molar-refractivity contribution in [3.8, 4) is 0 Å². The molecule has 0 aromatic carbocycles. The zero-order valence-corrected chi connectivity index (χ0v) is 6.94. The fourth-order valence-corrected chi connectivity index (χ4v) is 0.699. The van der Waals surface area contributed by atoms with Gasteiger partial charge in [-0.05, 0) is 6.42 Å². The van der Waals surface area contributed by atoms with Crippen molar-refractivity contribution in [3.05, 3.63) is 0 Å². The Morgan fingerprint density at radius 3 is 2.33 bits per heavy atom. The normalized spacial score (nSPS) is 14.1. The van der Waals surface area contributed by atoms with E-state index in [1.807, 2.05) is 0 Å². The van der Waals surface area contributed by atoms with Crippen LogP contribution >= 0.6 is 0 Å². The summed E-state index contributed by atoms with van der Waals surface area (Å²) in [5.74, 6) is -1.28. The zero-order chi connectivity index (χ0) is 9.78. The number of hydrogen-bond donors (Lipinski definition) is 0. The first-order chi connectivity index (χ1) is 5.37. The van der Waals surface area contributed by atoms with Crippen molar-refractivity contribution >= 4 is 5.97 Å². The molecule has 0 spiro atoms. The molecule has 0 aliphatic carbocycles. The molecule has 2 nitrogen and oxygen atoms in total. The standard InChI is InChI=1S/C7H11F3O2/c1-5(6(11)12-2)3-4-7(8,9)10/h5H,3-4H2,1-2H3. The Balaban J connectivity index is 3.72. The molecule has 0 aliphatic rings. The molecule has 0 aliphatic heterocycles.